The summed E-state index contributed by atoms with van der Waals surface area (Å²) >= 11 is 0. The molecule has 0 radical (unpaired) electrons. The van der Waals surface area contributed by atoms with Crippen molar-refractivity contribution in [2.24, 2.45) is 18.7 Å². The predicted octanol–water partition coefficient (Wildman–Crippen LogP) is 1.47. The van der Waals surface area contributed by atoms with Crippen LogP contribution in [0.15, 0.2) is 0 Å². The van der Waals surface area contributed by atoms with Gasteiger partial charge in [-0.15, -0.1) is 0 Å². The Balaban J connectivity index is 2.29. The van der Waals surface area contributed by atoms with Crippen LogP contribution in [0.2, 0.25) is 0 Å². The molecule has 96 valence electrons. The monoisotopic (exact) mass is 236 g/mol. The minimum atomic E-state index is 0.697. The van der Waals surface area contributed by atoms with Crippen LogP contribution in [0.5, 0.6) is 0 Å². The van der Waals surface area contributed by atoms with Crippen LogP contribution in [0.1, 0.15) is 31.0 Å². The molecule has 1 fully saturated rings. The van der Waals surface area contributed by atoms with Gasteiger partial charge in [0.25, 0.3) is 0 Å². The molecule has 2 heterocycles. The fraction of sp³-hybridized carbons (Fsp3) is 0.769. The number of hydrogen-bond donors (Lipinski definition) is 1. The molecule has 1 saturated heterocycles. The quantitative estimate of drug-likeness (QED) is 0.864. The second-order valence-corrected chi connectivity index (χ2v) is 5.24. The molecule has 1 aromatic rings. The molecule has 2 N–H and O–H groups in total. The van der Waals surface area contributed by atoms with Gasteiger partial charge < -0.3 is 10.6 Å². The number of nitrogens with zero attached hydrogens (tertiary/aromatic N) is 3. The first-order chi connectivity index (χ1) is 8.13. The van der Waals surface area contributed by atoms with Crippen LogP contribution in [0, 0.1) is 12.8 Å². The first-order valence-corrected chi connectivity index (χ1v) is 6.61. The Morgan fingerprint density at radius 2 is 2.24 bits per heavy atom. The molecular formula is C13H24N4. The lowest BCUT2D eigenvalue weighted by molar-refractivity contribution is 0.440. The summed E-state index contributed by atoms with van der Waals surface area (Å²) in [6.45, 7) is 7.42. The van der Waals surface area contributed by atoms with Crippen molar-refractivity contribution in [3.63, 3.8) is 0 Å². The van der Waals surface area contributed by atoms with Gasteiger partial charge in [0.1, 0.15) is 5.82 Å². The van der Waals surface area contributed by atoms with Crippen LogP contribution >= 0.6 is 0 Å². The Bertz CT molecular complexity index is 383. The maximum Gasteiger partial charge on any atom is 0.130 e. The molecule has 4 heteroatoms. The highest BCUT2D eigenvalue weighted by Crippen LogP contribution is 2.28. The Hall–Kier alpha value is -1.03. The third-order valence-corrected chi connectivity index (χ3v) is 3.66. The highest BCUT2D eigenvalue weighted by molar-refractivity contribution is 5.50. The summed E-state index contributed by atoms with van der Waals surface area (Å²) < 4.78 is 2.03. The zero-order valence-corrected chi connectivity index (χ0v) is 11.2. The van der Waals surface area contributed by atoms with Gasteiger partial charge in [0.15, 0.2) is 0 Å². The van der Waals surface area contributed by atoms with Gasteiger partial charge in [0.2, 0.25) is 0 Å². The van der Waals surface area contributed by atoms with Crippen LogP contribution in [0.3, 0.4) is 0 Å². The summed E-state index contributed by atoms with van der Waals surface area (Å²) in [4.78, 5) is 2.49. The fourth-order valence-corrected chi connectivity index (χ4v) is 2.90. The molecule has 0 aromatic carbocycles. The van der Waals surface area contributed by atoms with Gasteiger partial charge in [0, 0.05) is 25.7 Å². The number of aromatic nitrogens is 2. The minimum absolute atomic E-state index is 0.697. The molecule has 0 saturated carbocycles. The maximum absolute atomic E-state index is 5.71. The number of rotatable bonds is 3. The lowest BCUT2D eigenvalue weighted by atomic mass is 9.99. The number of piperidine rings is 1. The van der Waals surface area contributed by atoms with Gasteiger partial charge in [0.05, 0.1) is 5.69 Å². The number of nitrogens with two attached hydrogens (primary N) is 1. The Morgan fingerprint density at radius 3 is 2.88 bits per heavy atom. The molecule has 2 rings (SSSR count). The molecule has 0 aliphatic carbocycles. The Labute approximate surface area is 104 Å². The topological polar surface area (TPSA) is 47.1 Å². The smallest absolute Gasteiger partial charge is 0.130 e. The van der Waals surface area contributed by atoms with Crippen molar-refractivity contribution in [1.29, 1.82) is 0 Å². The zero-order valence-electron chi connectivity index (χ0n) is 11.2. The van der Waals surface area contributed by atoms with Gasteiger partial charge in [-0.3, -0.25) is 4.68 Å². The standard InChI is InChI=1S/C13H24N4/c1-10-5-4-8-17(9-10)13-12(6-7-14)11(2)15-16(13)3/h10H,4-9,14H2,1-3H3. The van der Waals surface area contributed by atoms with Crippen LogP contribution in [-0.4, -0.2) is 29.4 Å². The van der Waals surface area contributed by atoms with Gasteiger partial charge in [-0.1, -0.05) is 6.92 Å². The fourth-order valence-electron chi connectivity index (χ4n) is 2.90. The minimum Gasteiger partial charge on any atom is -0.356 e. The average molecular weight is 236 g/mol. The van der Waals surface area contributed by atoms with Crippen molar-refractivity contribution in [3.05, 3.63) is 11.3 Å². The summed E-state index contributed by atoms with van der Waals surface area (Å²) in [7, 11) is 2.04. The van der Waals surface area contributed by atoms with Crippen molar-refractivity contribution >= 4 is 5.82 Å². The van der Waals surface area contributed by atoms with Gasteiger partial charge >= 0.3 is 0 Å². The first kappa shape index (κ1) is 12.4. The lowest BCUT2D eigenvalue weighted by Crippen LogP contribution is -2.36. The van der Waals surface area contributed by atoms with Crippen LogP contribution in [0.4, 0.5) is 5.82 Å². The Morgan fingerprint density at radius 1 is 1.47 bits per heavy atom. The predicted molar refractivity (Wildman–Crippen MR) is 71.3 cm³/mol. The molecule has 0 spiro atoms. The van der Waals surface area contributed by atoms with Gasteiger partial charge in [-0.25, -0.2) is 0 Å². The van der Waals surface area contributed by atoms with E-state index in [1.54, 1.807) is 0 Å². The molecule has 1 unspecified atom stereocenters. The summed E-state index contributed by atoms with van der Waals surface area (Å²) in [5.74, 6) is 2.07. The van der Waals surface area contributed by atoms with E-state index in [1.165, 1.54) is 24.2 Å². The Kier molecular flexibility index (Phi) is 3.72. The second kappa shape index (κ2) is 5.08. The van der Waals surface area contributed by atoms with Crippen molar-refractivity contribution in [2.75, 3.05) is 24.5 Å². The van der Waals surface area contributed by atoms with E-state index in [0.29, 0.717) is 6.54 Å². The van der Waals surface area contributed by atoms with E-state index in [-0.39, 0.29) is 0 Å². The van der Waals surface area contributed by atoms with Crippen LogP contribution < -0.4 is 10.6 Å². The highest BCUT2D eigenvalue weighted by atomic mass is 15.4. The van der Waals surface area contributed by atoms with Gasteiger partial charge in [-0.05, 0) is 38.6 Å². The molecule has 4 nitrogen and oxygen atoms in total. The van der Waals surface area contributed by atoms with Crippen molar-refractivity contribution in [2.45, 2.75) is 33.1 Å². The van der Waals surface area contributed by atoms with E-state index in [4.69, 9.17) is 5.73 Å². The van der Waals surface area contributed by atoms with E-state index in [2.05, 4.69) is 23.8 Å². The molecule has 0 bridgehead atoms. The van der Waals surface area contributed by atoms with Crippen molar-refractivity contribution < 1.29 is 0 Å². The number of anilines is 1. The molecule has 17 heavy (non-hydrogen) atoms. The summed E-state index contributed by atoms with van der Waals surface area (Å²) in [6, 6.07) is 0. The normalized spacial score (nSPS) is 20.9. The summed E-state index contributed by atoms with van der Waals surface area (Å²) in [6.07, 6.45) is 3.56. The van der Waals surface area contributed by atoms with Crippen molar-refractivity contribution in [3.8, 4) is 0 Å². The van der Waals surface area contributed by atoms with E-state index >= 15 is 0 Å². The largest absolute Gasteiger partial charge is 0.356 e. The van der Waals surface area contributed by atoms with Gasteiger partial charge in [-0.2, -0.15) is 5.10 Å². The molecule has 1 atom stereocenters. The third kappa shape index (κ3) is 2.46. The van der Waals surface area contributed by atoms with E-state index in [9.17, 15) is 0 Å². The van der Waals surface area contributed by atoms with E-state index in [0.717, 1.165) is 31.1 Å². The molecule has 1 aliphatic rings. The van der Waals surface area contributed by atoms with Crippen molar-refractivity contribution in [1.82, 2.24) is 9.78 Å². The first-order valence-electron chi connectivity index (χ1n) is 6.61. The molecular weight excluding hydrogens is 212 g/mol. The van der Waals surface area contributed by atoms with E-state index < -0.39 is 0 Å². The third-order valence-electron chi connectivity index (χ3n) is 3.66. The zero-order chi connectivity index (χ0) is 12.4. The average Bonchev–Trinajstić information content (AvgIpc) is 2.54. The molecule has 1 aromatic heterocycles. The lowest BCUT2D eigenvalue weighted by Gasteiger charge is -2.33. The highest BCUT2D eigenvalue weighted by Gasteiger charge is 2.23. The SMILES string of the molecule is Cc1nn(C)c(N2CCCC(C)C2)c1CCN. The number of aryl methyl sites for hydroxylation is 2. The van der Waals surface area contributed by atoms with Crippen LogP contribution in [0.25, 0.3) is 0 Å². The summed E-state index contributed by atoms with van der Waals surface area (Å²) in [5, 5.41) is 4.55. The second-order valence-electron chi connectivity index (χ2n) is 5.24. The molecule has 1 aliphatic heterocycles. The summed E-state index contributed by atoms with van der Waals surface area (Å²) in [5.41, 5.74) is 8.18. The maximum atomic E-state index is 5.71. The number of hydrogen-bond acceptors (Lipinski definition) is 3. The van der Waals surface area contributed by atoms with Crippen LogP contribution in [-0.2, 0) is 13.5 Å². The molecule has 0 amide bonds. The van der Waals surface area contributed by atoms with E-state index in [1.807, 2.05) is 11.7 Å².